The van der Waals surface area contributed by atoms with E-state index in [1.54, 1.807) is 0 Å². The number of hydrogen-bond donors (Lipinski definition) is 1. The normalized spacial score (nSPS) is 17.9. The van der Waals surface area contributed by atoms with Gasteiger partial charge in [0.2, 0.25) is 0 Å². The smallest absolute Gasteiger partial charge is 0.322 e. The summed E-state index contributed by atoms with van der Waals surface area (Å²) in [5.41, 5.74) is 0. The van der Waals surface area contributed by atoms with E-state index in [9.17, 15) is 4.79 Å². The van der Waals surface area contributed by atoms with Gasteiger partial charge >= 0.3 is 5.97 Å². The van der Waals surface area contributed by atoms with Crippen LogP contribution in [0.2, 0.25) is 0 Å². The van der Waals surface area contributed by atoms with E-state index in [4.69, 9.17) is 4.74 Å². The molecular weight excluding hydrogens is 264 g/mol. The number of nitrogens with zero attached hydrogens (tertiary/aromatic N) is 1. The van der Waals surface area contributed by atoms with Crippen LogP contribution in [0.3, 0.4) is 0 Å². The van der Waals surface area contributed by atoms with E-state index in [2.05, 4.69) is 24.2 Å². The second-order valence-corrected chi connectivity index (χ2v) is 6.30. The summed E-state index contributed by atoms with van der Waals surface area (Å²) in [4.78, 5) is 14.2. The first-order valence-electron chi connectivity index (χ1n) is 8.70. The molecule has 1 rings (SSSR count). The fraction of sp³-hybridized carbons (Fsp3) is 0.941. The Morgan fingerprint density at radius 3 is 2.62 bits per heavy atom. The molecule has 1 fully saturated rings. The van der Waals surface area contributed by atoms with Gasteiger partial charge in [-0.2, -0.15) is 0 Å². The number of rotatable bonds is 10. The van der Waals surface area contributed by atoms with Crippen LogP contribution in [0.25, 0.3) is 0 Å². The molecule has 4 heteroatoms. The molecular formula is C17H34N2O2. The minimum absolute atomic E-state index is 0.121. The second kappa shape index (κ2) is 11.0. The average Bonchev–Trinajstić information content (AvgIpc) is 2.54. The Hall–Kier alpha value is -0.610. The molecule has 0 spiro atoms. The van der Waals surface area contributed by atoms with Crippen LogP contribution in [0.15, 0.2) is 0 Å². The molecule has 0 heterocycles. The highest BCUT2D eigenvalue weighted by Gasteiger charge is 2.19. The van der Waals surface area contributed by atoms with Crippen LogP contribution in [-0.4, -0.2) is 50.2 Å². The van der Waals surface area contributed by atoms with Crippen LogP contribution in [0.1, 0.15) is 64.7 Å². The third-order valence-corrected chi connectivity index (χ3v) is 4.61. The number of nitrogens with one attached hydrogen (secondary N) is 1. The Labute approximate surface area is 130 Å². The Morgan fingerprint density at radius 1 is 1.29 bits per heavy atom. The van der Waals surface area contributed by atoms with E-state index >= 15 is 0 Å². The van der Waals surface area contributed by atoms with E-state index in [-0.39, 0.29) is 12.0 Å². The summed E-state index contributed by atoms with van der Waals surface area (Å²) in [6, 6.07) is 0.644. The zero-order chi connectivity index (χ0) is 15.5. The zero-order valence-corrected chi connectivity index (χ0v) is 14.2. The van der Waals surface area contributed by atoms with Gasteiger partial charge in [-0.15, -0.1) is 0 Å². The van der Waals surface area contributed by atoms with E-state index in [1.165, 1.54) is 39.2 Å². The molecule has 1 aliphatic rings. The summed E-state index contributed by atoms with van der Waals surface area (Å²) in [7, 11) is 3.71. The number of carbonyl (C=O) groups is 1. The lowest BCUT2D eigenvalue weighted by atomic mass is 9.94. The molecule has 0 aromatic heterocycles. The molecule has 0 saturated heterocycles. The lowest BCUT2D eigenvalue weighted by Gasteiger charge is -2.31. The van der Waals surface area contributed by atoms with Crippen molar-refractivity contribution in [2.75, 3.05) is 27.2 Å². The molecule has 1 atom stereocenters. The van der Waals surface area contributed by atoms with E-state index in [1.807, 2.05) is 0 Å². The molecule has 124 valence electrons. The molecule has 1 aliphatic carbocycles. The van der Waals surface area contributed by atoms with Gasteiger partial charge in [-0.1, -0.05) is 39.0 Å². The van der Waals surface area contributed by atoms with Crippen LogP contribution >= 0.6 is 0 Å². The van der Waals surface area contributed by atoms with E-state index in [0.717, 1.165) is 44.8 Å². The van der Waals surface area contributed by atoms with E-state index in [0.29, 0.717) is 0 Å². The standard InChI is InChI=1S/C17H34N2O2/c1-4-5-12-16(17(20)21-3)18-13-9-14-19(2)15-10-7-6-8-11-15/h15-16,18H,4-14H2,1-3H3. The largest absolute Gasteiger partial charge is 0.468 e. The first kappa shape index (κ1) is 18.4. The summed E-state index contributed by atoms with van der Waals surface area (Å²) >= 11 is 0. The maximum atomic E-state index is 11.7. The first-order valence-corrected chi connectivity index (χ1v) is 8.70. The summed E-state index contributed by atoms with van der Waals surface area (Å²) < 4.78 is 4.87. The zero-order valence-electron chi connectivity index (χ0n) is 14.2. The molecule has 0 aromatic rings. The minimum atomic E-state index is -0.130. The molecule has 1 N–H and O–H groups in total. The van der Waals surface area contributed by atoms with Gasteiger partial charge in [-0.05, 0) is 45.8 Å². The Bertz CT molecular complexity index is 278. The third-order valence-electron chi connectivity index (χ3n) is 4.61. The molecule has 1 saturated carbocycles. The molecule has 0 aliphatic heterocycles. The van der Waals surface area contributed by atoms with Crippen LogP contribution in [-0.2, 0) is 9.53 Å². The molecule has 0 radical (unpaired) electrons. The fourth-order valence-corrected chi connectivity index (χ4v) is 3.16. The van der Waals surface area contributed by atoms with Crippen LogP contribution in [0, 0.1) is 0 Å². The second-order valence-electron chi connectivity index (χ2n) is 6.30. The van der Waals surface area contributed by atoms with Gasteiger partial charge in [0.25, 0.3) is 0 Å². The summed E-state index contributed by atoms with van der Waals surface area (Å²) in [5.74, 6) is -0.121. The lowest BCUT2D eigenvalue weighted by molar-refractivity contribution is -0.143. The monoisotopic (exact) mass is 298 g/mol. The Morgan fingerprint density at radius 2 is 2.00 bits per heavy atom. The molecule has 21 heavy (non-hydrogen) atoms. The molecule has 4 nitrogen and oxygen atoms in total. The minimum Gasteiger partial charge on any atom is -0.468 e. The summed E-state index contributed by atoms with van der Waals surface area (Å²) in [5, 5.41) is 3.36. The molecule has 1 unspecified atom stereocenters. The predicted octanol–water partition coefficient (Wildman–Crippen LogP) is 2.96. The van der Waals surface area contributed by atoms with E-state index < -0.39 is 0 Å². The van der Waals surface area contributed by atoms with Gasteiger partial charge in [0, 0.05) is 6.04 Å². The Balaban J connectivity index is 2.18. The molecule has 0 bridgehead atoms. The summed E-state index contributed by atoms with van der Waals surface area (Å²) in [6.07, 6.45) is 11.0. The van der Waals surface area contributed by atoms with Crippen molar-refractivity contribution in [3.8, 4) is 0 Å². The highest BCUT2D eigenvalue weighted by Crippen LogP contribution is 2.21. The van der Waals surface area contributed by atoms with Crippen LogP contribution in [0.5, 0.6) is 0 Å². The average molecular weight is 298 g/mol. The first-order chi connectivity index (χ1) is 10.2. The quantitative estimate of drug-likeness (QED) is 0.497. The number of esters is 1. The molecule has 0 aromatic carbocycles. The number of ether oxygens (including phenoxy) is 1. The van der Waals surface area contributed by atoms with Gasteiger partial charge < -0.3 is 15.0 Å². The van der Waals surface area contributed by atoms with Crippen molar-refractivity contribution in [2.45, 2.75) is 76.8 Å². The predicted molar refractivity (Wildman–Crippen MR) is 87.5 cm³/mol. The van der Waals surface area contributed by atoms with Crippen molar-refractivity contribution < 1.29 is 9.53 Å². The van der Waals surface area contributed by atoms with Crippen molar-refractivity contribution in [2.24, 2.45) is 0 Å². The van der Waals surface area contributed by atoms with Gasteiger partial charge in [0.15, 0.2) is 0 Å². The van der Waals surface area contributed by atoms with Gasteiger partial charge in [0.1, 0.15) is 6.04 Å². The highest BCUT2D eigenvalue weighted by molar-refractivity contribution is 5.75. The molecule has 0 amide bonds. The van der Waals surface area contributed by atoms with Crippen molar-refractivity contribution in [1.82, 2.24) is 10.2 Å². The maximum Gasteiger partial charge on any atom is 0.322 e. The van der Waals surface area contributed by atoms with Crippen molar-refractivity contribution >= 4 is 5.97 Å². The number of methoxy groups -OCH3 is 1. The number of carbonyl (C=O) groups excluding carboxylic acids is 1. The van der Waals surface area contributed by atoms with Gasteiger partial charge in [0.05, 0.1) is 7.11 Å². The van der Waals surface area contributed by atoms with Gasteiger partial charge in [-0.25, -0.2) is 0 Å². The van der Waals surface area contributed by atoms with Crippen LogP contribution < -0.4 is 5.32 Å². The SMILES string of the molecule is CCCCC(NCCCN(C)C1CCCCC1)C(=O)OC. The topological polar surface area (TPSA) is 41.6 Å². The van der Waals surface area contributed by atoms with Crippen molar-refractivity contribution in [1.29, 1.82) is 0 Å². The third kappa shape index (κ3) is 7.28. The highest BCUT2D eigenvalue weighted by atomic mass is 16.5. The Kier molecular flexibility index (Phi) is 9.68. The number of hydrogen-bond acceptors (Lipinski definition) is 4. The van der Waals surface area contributed by atoms with Gasteiger partial charge in [-0.3, -0.25) is 4.79 Å². The summed E-state index contributed by atoms with van der Waals surface area (Å²) in [6.45, 7) is 4.15. The van der Waals surface area contributed by atoms with Crippen LogP contribution in [0.4, 0.5) is 0 Å². The van der Waals surface area contributed by atoms with Crippen molar-refractivity contribution in [3.05, 3.63) is 0 Å². The maximum absolute atomic E-state index is 11.7. The number of unbranched alkanes of at least 4 members (excludes halogenated alkanes) is 1. The van der Waals surface area contributed by atoms with Crippen molar-refractivity contribution in [3.63, 3.8) is 0 Å². The lowest BCUT2D eigenvalue weighted by Crippen LogP contribution is -2.40. The fourth-order valence-electron chi connectivity index (χ4n) is 3.16.